The molecule has 6 nitrogen and oxygen atoms in total. The molecule has 0 saturated heterocycles. The Morgan fingerprint density at radius 2 is 1.42 bits per heavy atom. The van der Waals surface area contributed by atoms with E-state index in [0.717, 1.165) is 5.56 Å². The standard InChI is InChI=1S/C25H25N3O3/c1-2-23(29)26-21-15-9-12-19(17-21)24(30)28-22(16-18-10-5-3-6-11-18)25(31)27-20-13-7-4-8-14-20/h3-15,17,22H,2,16H2,1H3,(H,26,29)(H,27,31)(H,28,30). The minimum atomic E-state index is -0.774. The van der Waals surface area contributed by atoms with Crippen molar-refractivity contribution in [2.24, 2.45) is 0 Å². The van der Waals surface area contributed by atoms with Gasteiger partial charge in [0.05, 0.1) is 0 Å². The maximum atomic E-state index is 13.0. The van der Waals surface area contributed by atoms with Crippen LogP contribution < -0.4 is 16.0 Å². The fourth-order valence-electron chi connectivity index (χ4n) is 3.04. The van der Waals surface area contributed by atoms with Gasteiger partial charge in [0.2, 0.25) is 11.8 Å². The van der Waals surface area contributed by atoms with E-state index in [4.69, 9.17) is 0 Å². The van der Waals surface area contributed by atoms with Gasteiger partial charge in [0.15, 0.2) is 0 Å². The van der Waals surface area contributed by atoms with Crippen LogP contribution in [0.15, 0.2) is 84.9 Å². The second-order valence-electron chi connectivity index (χ2n) is 7.05. The van der Waals surface area contributed by atoms with Gasteiger partial charge in [-0.05, 0) is 35.9 Å². The molecule has 6 heteroatoms. The molecule has 0 aliphatic carbocycles. The first-order chi connectivity index (χ1) is 15.0. The van der Waals surface area contributed by atoms with Crippen molar-refractivity contribution in [1.82, 2.24) is 5.32 Å². The van der Waals surface area contributed by atoms with Crippen molar-refractivity contribution in [1.29, 1.82) is 0 Å². The number of para-hydroxylation sites is 1. The number of hydrogen-bond acceptors (Lipinski definition) is 3. The van der Waals surface area contributed by atoms with Crippen LogP contribution in [0.3, 0.4) is 0 Å². The first kappa shape index (κ1) is 21.8. The topological polar surface area (TPSA) is 87.3 Å². The van der Waals surface area contributed by atoms with E-state index >= 15 is 0 Å². The van der Waals surface area contributed by atoms with Gasteiger partial charge < -0.3 is 16.0 Å². The highest BCUT2D eigenvalue weighted by Crippen LogP contribution is 2.13. The quantitative estimate of drug-likeness (QED) is 0.519. The zero-order chi connectivity index (χ0) is 22.1. The van der Waals surface area contributed by atoms with Crippen LogP contribution in [0.2, 0.25) is 0 Å². The number of carbonyl (C=O) groups is 3. The van der Waals surface area contributed by atoms with E-state index in [1.807, 2.05) is 48.5 Å². The summed E-state index contributed by atoms with van der Waals surface area (Å²) in [5.41, 5.74) is 2.48. The van der Waals surface area contributed by atoms with Crippen LogP contribution in [-0.4, -0.2) is 23.8 Å². The summed E-state index contributed by atoms with van der Waals surface area (Å²) >= 11 is 0. The van der Waals surface area contributed by atoms with Gasteiger partial charge in [-0.15, -0.1) is 0 Å². The average molecular weight is 415 g/mol. The monoisotopic (exact) mass is 415 g/mol. The zero-order valence-electron chi connectivity index (χ0n) is 17.3. The van der Waals surface area contributed by atoms with E-state index in [9.17, 15) is 14.4 Å². The molecular weight excluding hydrogens is 390 g/mol. The lowest BCUT2D eigenvalue weighted by molar-refractivity contribution is -0.118. The first-order valence-electron chi connectivity index (χ1n) is 10.2. The van der Waals surface area contributed by atoms with Crippen molar-refractivity contribution in [3.63, 3.8) is 0 Å². The van der Waals surface area contributed by atoms with Crippen molar-refractivity contribution < 1.29 is 14.4 Å². The Morgan fingerprint density at radius 3 is 2.10 bits per heavy atom. The summed E-state index contributed by atoms with van der Waals surface area (Å²) in [5, 5.41) is 8.42. The normalized spacial score (nSPS) is 11.3. The third-order valence-electron chi connectivity index (χ3n) is 4.68. The highest BCUT2D eigenvalue weighted by Gasteiger charge is 2.22. The molecule has 0 saturated carbocycles. The van der Waals surface area contributed by atoms with Crippen LogP contribution in [0.5, 0.6) is 0 Å². The fraction of sp³-hybridized carbons (Fsp3) is 0.160. The lowest BCUT2D eigenvalue weighted by Gasteiger charge is -2.19. The predicted molar refractivity (Wildman–Crippen MR) is 122 cm³/mol. The number of amides is 3. The first-order valence-corrected chi connectivity index (χ1v) is 10.2. The van der Waals surface area contributed by atoms with Crippen LogP contribution >= 0.6 is 0 Å². The van der Waals surface area contributed by atoms with E-state index in [-0.39, 0.29) is 11.8 Å². The van der Waals surface area contributed by atoms with Crippen molar-refractivity contribution in [3.05, 3.63) is 96.1 Å². The molecule has 0 heterocycles. The molecule has 0 fully saturated rings. The third-order valence-corrected chi connectivity index (χ3v) is 4.68. The maximum absolute atomic E-state index is 13.0. The molecule has 3 aromatic rings. The fourth-order valence-corrected chi connectivity index (χ4v) is 3.04. The van der Waals surface area contributed by atoms with E-state index in [0.29, 0.717) is 29.8 Å². The van der Waals surface area contributed by atoms with Gasteiger partial charge in [-0.3, -0.25) is 14.4 Å². The molecule has 0 radical (unpaired) electrons. The highest BCUT2D eigenvalue weighted by molar-refractivity contribution is 6.02. The van der Waals surface area contributed by atoms with Crippen LogP contribution in [0, 0.1) is 0 Å². The second kappa shape index (κ2) is 10.7. The minimum absolute atomic E-state index is 0.137. The van der Waals surface area contributed by atoms with Crippen molar-refractivity contribution in [2.75, 3.05) is 10.6 Å². The molecular formula is C25H25N3O3. The van der Waals surface area contributed by atoms with Gasteiger partial charge in [-0.25, -0.2) is 0 Å². The molecule has 31 heavy (non-hydrogen) atoms. The van der Waals surface area contributed by atoms with Gasteiger partial charge in [0.25, 0.3) is 5.91 Å². The minimum Gasteiger partial charge on any atom is -0.340 e. The van der Waals surface area contributed by atoms with Crippen molar-refractivity contribution in [2.45, 2.75) is 25.8 Å². The Morgan fingerprint density at radius 1 is 0.774 bits per heavy atom. The van der Waals surface area contributed by atoms with E-state index in [1.54, 1.807) is 43.3 Å². The number of hydrogen-bond donors (Lipinski definition) is 3. The molecule has 0 aliphatic rings. The Labute approximate surface area is 181 Å². The summed E-state index contributed by atoms with van der Waals surface area (Å²) in [6.45, 7) is 1.76. The molecule has 1 unspecified atom stereocenters. The number of nitrogens with one attached hydrogen (secondary N) is 3. The molecule has 3 N–H and O–H groups in total. The largest absolute Gasteiger partial charge is 0.340 e. The van der Waals surface area contributed by atoms with Crippen LogP contribution in [0.25, 0.3) is 0 Å². The van der Waals surface area contributed by atoms with E-state index in [1.165, 1.54) is 0 Å². The van der Waals surface area contributed by atoms with Gasteiger partial charge >= 0.3 is 0 Å². The van der Waals surface area contributed by atoms with Crippen LogP contribution in [-0.2, 0) is 16.0 Å². The molecule has 0 aromatic heterocycles. The summed E-state index contributed by atoms with van der Waals surface area (Å²) in [6.07, 6.45) is 0.687. The Kier molecular flexibility index (Phi) is 7.54. The zero-order valence-corrected chi connectivity index (χ0v) is 17.3. The van der Waals surface area contributed by atoms with Crippen molar-refractivity contribution >= 4 is 29.1 Å². The average Bonchev–Trinajstić information content (AvgIpc) is 2.80. The number of rotatable bonds is 8. The lowest BCUT2D eigenvalue weighted by Crippen LogP contribution is -2.45. The molecule has 3 aromatic carbocycles. The summed E-state index contributed by atoms with van der Waals surface area (Å²) < 4.78 is 0. The lowest BCUT2D eigenvalue weighted by atomic mass is 10.0. The molecule has 0 spiro atoms. The summed E-state index contributed by atoms with van der Waals surface area (Å²) in [5.74, 6) is -0.836. The smallest absolute Gasteiger partial charge is 0.252 e. The van der Waals surface area contributed by atoms with Crippen molar-refractivity contribution in [3.8, 4) is 0 Å². The maximum Gasteiger partial charge on any atom is 0.252 e. The van der Waals surface area contributed by atoms with Gasteiger partial charge in [0.1, 0.15) is 6.04 Å². The molecule has 3 amide bonds. The molecule has 0 aliphatic heterocycles. The summed E-state index contributed by atoms with van der Waals surface area (Å²) in [6, 6.07) is 24.5. The van der Waals surface area contributed by atoms with Gasteiger partial charge in [0, 0.05) is 29.8 Å². The molecule has 3 rings (SSSR count). The van der Waals surface area contributed by atoms with Gasteiger partial charge in [-0.1, -0.05) is 61.5 Å². The van der Waals surface area contributed by atoms with Crippen LogP contribution in [0.4, 0.5) is 11.4 Å². The number of benzene rings is 3. The Hall–Kier alpha value is -3.93. The predicted octanol–water partition coefficient (Wildman–Crippen LogP) is 4.01. The number of anilines is 2. The second-order valence-corrected chi connectivity index (χ2v) is 7.05. The van der Waals surface area contributed by atoms with E-state index < -0.39 is 11.9 Å². The molecule has 0 bridgehead atoms. The SMILES string of the molecule is CCC(=O)Nc1cccc(C(=O)NC(Cc2ccccc2)C(=O)Nc2ccccc2)c1. The summed E-state index contributed by atoms with van der Waals surface area (Å²) in [7, 11) is 0. The Bertz CT molecular complexity index is 1040. The number of carbonyl (C=O) groups excluding carboxylic acids is 3. The van der Waals surface area contributed by atoms with Gasteiger partial charge in [-0.2, -0.15) is 0 Å². The van der Waals surface area contributed by atoms with E-state index in [2.05, 4.69) is 16.0 Å². The highest BCUT2D eigenvalue weighted by atomic mass is 16.2. The summed E-state index contributed by atoms with van der Waals surface area (Å²) in [4.78, 5) is 37.5. The van der Waals surface area contributed by atoms with Crippen LogP contribution in [0.1, 0.15) is 29.3 Å². The molecule has 158 valence electrons. The third kappa shape index (κ3) is 6.54. The Balaban J connectivity index is 1.77. The molecule has 1 atom stereocenters.